The number of anilines is 1. The monoisotopic (exact) mass is 457 g/mol. The van der Waals surface area contributed by atoms with Gasteiger partial charge in [0.05, 0.1) is 27.8 Å². The molecule has 0 saturated carbocycles. The van der Waals surface area contributed by atoms with Gasteiger partial charge in [-0.3, -0.25) is 4.79 Å². The Morgan fingerprint density at radius 2 is 1.55 bits per heavy atom. The number of ether oxygens (including phenoxy) is 4. The molecule has 6 nitrogen and oxygen atoms in total. The van der Waals surface area contributed by atoms with E-state index in [4.69, 9.17) is 14.2 Å². The zero-order valence-corrected chi connectivity index (χ0v) is 18.6. The third-order valence-corrected chi connectivity index (χ3v) is 4.93. The second kappa shape index (κ2) is 11.2. The van der Waals surface area contributed by atoms with Crippen LogP contribution < -0.4 is 24.3 Å². The lowest BCUT2D eigenvalue weighted by atomic mass is 10.0. The molecule has 174 valence electrons. The van der Waals surface area contributed by atoms with E-state index in [-0.39, 0.29) is 18.1 Å². The summed E-state index contributed by atoms with van der Waals surface area (Å²) in [6.07, 6.45) is 0.378. The van der Waals surface area contributed by atoms with Crippen LogP contribution in [0.3, 0.4) is 0 Å². The van der Waals surface area contributed by atoms with Gasteiger partial charge in [0.25, 0.3) is 0 Å². The SMILES string of the molecule is COc1ccc(CC(=O)Nc2ccc(OC(F)F)c(Cc3ccccc3)c2)c(OC)c1OC. The van der Waals surface area contributed by atoms with Crippen molar-refractivity contribution in [3.05, 3.63) is 77.4 Å². The summed E-state index contributed by atoms with van der Waals surface area (Å²) in [6, 6.07) is 17.4. The average Bonchev–Trinajstić information content (AvgIpc) is 2.80. The number of alkyl halides is 2. The smallest absolute Gasteiger partial charge is 0.387 e. The quantitative estimate of drug-likeness (QED) is 0.460. The Balaban J connectivity index is 1.81. The number of rotatable bonds is 10. The number of nitrogens with one attached hydrogen (secondary N) is 1. The lowest BCUT2D eigenvalue weighted by Crippen LogP contribution is -2.15. The van der Waals surface area contributed by atoms with Gasteiger partial charge in [0.15, 0.2) is 11.5 Å². The standard InChI is InChI=1S/C25H25F2NO5/c1-30-21-11-9-17(23(31-2)24(21)32-3)15-22(29)28-19-10-12-20(33-25(26)27)18(14-19)13-16-7-5-4-6-8-16/h4-12,14,25H,13,15H2,1-3H3,(H,28,29). The Hall–Kier alpha value is -3.81. The maximum atomic E-state index is 12.9. The Morgan fingerprint density at radius 3 is 2.18 bits per heavy atom. The Kier molecular flexibility index (Phi) is 8.07. The number of hydrogen-bond donors (Lipinski definition) is 1. The van der Waals surface area contributed by atoms with Crippen molar-refractivity contribution in [2.24, 2.45) is 0 Å². The summed E-state index contributed by atoms with van der Waals surface area (Å²) in [5, 5.41) is 2.80. The van der Waals surface area contributed by atoms with Gasteiger partial charge in [-0.15, -0.1) is 0 Å². The first-order chi connectivity index (χ1) is 15.9. The van der Waals surface area contributed by atoms with E-state index in [1.165, 1.54) is 33.5 Å². The van der Waals surface area contributed by atoms with Gasteiger partial charge in [-0.2, -0.15) is 8.78 Å². The van der Waals surface area contributed by atoms with Crippen LogP contribution in [-0.4, -0.2) is 33.8 Å². The van der Waals surface area contributed by atoms with Gasteiger partial charge >= 0.3 is 6.61 Å². The minimum Gasteiger partial charge on any atom is -0.493 e. The summed E-state index contributed by atoms with van der Waals surface area (Å²) in [7, 11) is 4.48. The van der Waals surface area contributed by atoms with Crippen molar-refractivity contribution in [3.8, 4) is 23.0 Å². The number of carbonyl (C=O) groups is 1. The Morgan fingerprint density at radius 1 is 0.848 bits per heavy atom. The first-order valence-electron chi connectivity index (χ1n) is 10.1. The fraction of sp³-hybridized carbons (Fsp3) is 0.240. The van der Waals surface area contributed by atoms with Crippen LogP contribution >= 0.6 is 0 Å². The molecule has 0 heterocycles. The molecule has 33 heavy (non-hydrogen) atoms. The normalized spacial score (nSPS) is 10.6. The van der Waals surface area contributed by atoms with Crippen LogP contribution in [0.5, 0.6) is 23.0 Å². The predicted molar refractivity (Wildman–Crippen MR) is 121 cm³/mol. The van der Waals surface area contributed by atoms with Crippen molar-refractivity contribution in [2.75, 3.05) is 26.6 Å². The maximum absolute atomic E-state index is 12.9. The first kappa shape index (κ1) is 23.8. The largest absolute Gasteiger partial charge is 0.493 e. The molecule has 8 heteroatoms. The predicted octanol–water partition coefficient (Wildman–Crippen LogP) is 5.09. The third-order valence-electron chi connectivity index (χ3n) is 4.93. The fourth-order valence-electron chi connectivity index (χ4n) is 3.50. The fourth-order valence-corrected chi connectivity index (χ4v) is 3.50. The van der Waals surface area contributed by atoms with Crippen LogP contribution in [-0.2, 0) is 17.6 Å². The molecule has 0 aliphatic heterocycles. The maximum Gasteiger partial charge on any atom is 0.387 e. The molecule has 0 atom stereocenters. The van der Waals surface area contributed by atoms with Gasteiger partial charge in [0, 0.05) is 23.2 Å². The topological polar surface area (TPSA) is 66.0 Å². The van der Waals surface area contributed by atoms with Crippen LogP contribution in [0.4, 0.5) is 14.5 Å². The van der Waals surface area contributed by atoms with Gasteiger partial charge in [-0.1, -0.05) is 36.4 Å². The zero-order chi connectivity index (χ0) is 23.8. The van der Waals surface area contributed by atoms with Gasteiger partial charge in [0.1, 0.15) is 5.75 Å². The second-order valence-electron chi connectivity index (χ2n) is 7.08. The summed E-state index contributed by atoms with van der Waals surface area (Å²) < 4.78 is 46.4. The van der Waals surface area contributed by atoms with Crippen molar-refractivity contribution in [3.63, 3.8) is 0 Å². The van der Waals surface area contributed by atoms with E-state index < -0.39 is 6.61 Å². The van der Waals surface area contributed by atoms with Gasteiger partial charge in [-0.25, -0.2) is 0 Å². The van der Waals surface area contributed by atoms with E-state index in [0.717, 1.165) is 5.56 Å². The van der Waals surface area contributed by atoms with Crippen LogP contribution in [0.2, 0.25) is 0 Å². The molecular formula is C25H25F2NO5. The number of amides is 1. The second-order valence-corrected chi connectivity index (χ2v) is 7.08. The number of benzene rings is 3. The molecule has 0 aliphatic rings. The highest BCUT2D eigenvalue weighted by atomic mass is 19.3. The molecule has 3 aromatic rings. The zero-order valence-electron chi connectivity index (χ0n) is 18.6. The summed E-state index contributed by atoms with van der Waals surface area (Å²) >= 11 is 0. The molecule has 1 N–H and O–H groups in total. The van der Waals surface area contributed by atoms with E-state index >= 15 is 0 Å². The van der Waals surface area contributed by atoms with E-state index in [1.54, 1.807) is 18.2 Å². The molecule has 0 spiro atoms. The van der Waals surface area contributed by atoms with Crippen molar-refractivity contribution in [2.45, 2.75) is 19.5 Å². The molecule has 0 aliphatic carbocycles. The number of halogens is 2. The van der Waals surface area contributed by atoms with Gasteiger partial charge in [-0.05, 0) is 29.8 Å². The van der Waals surface area contributed by atoms with E-state index in [9.17, 15) is 13.6 Å². The number of carbonyl (C=O) groups excluding carboxylic acids is 1. The molecule has 1 amide bonds. The minimum atomic E-state index is -2.95. The highest BCUT2D eigenvalue weighted by molar-refractivity contribution is 5.93. The molecule has 0 unspecified atom stereocenters. The summed E-state index contributed by atoms with van der Waals surface area (Å²) in [6.45, 7) is -2.95. The summed E-state index contributed by atoms with van der Waals surface area (Å²) in [5.74, 6) is 1.03. The molecule has 0 aromatic heterocycles. The lowest BCUT2D eigenvalue weighted by Gasteiger charge is -2.16. The minimum absolute atomic E-state index is 0.00678. The highest BCUT2D eigenvalue weighted by Crippen LogP contribution is 2.40. The molecule has 0 saturated heterocycles. The molecule has 3 aromatic carbocycles. The van der Waals surface area contributed by atoms with E-state index in [1.807, 2.05) is 30.3 Å². The number of methoxy groups -OCH3 is 3. The van der Waals surface area contributed by atoms with Crippen molar-refractivity contribution >= 4 is 11.6 Å². The van der Waals surface area contributed by atoms with Crippen LogP contribution in [0.1, 0.15) is 16.7 Å². The van der Waals surface area contributed by atoms with Crippen LogP contribution in [0.15, 0.2) is 60.7 Å². The van der Waals surface area contributed by atoms with Crippen molar-refractivity contribution in [1.29, 1.82) is 0 Å². The molecule has 0 radical (unpaired) electrons. The van der Waals surface area contributed by atoms with Gasteiger partial charge in [0.2, 0.25) is 11.7 Å². The summed E-state index contributed by atoms with van der Waals surface area (Å²) in [5.41, 5.74) is 2.53. The first-order valence-corrected chi connectivity index (χ1v) is 10.1. The van der Waals surface area contributed by atoms with E-state index in [2.05, 4.69) is 10.1 Å². The van der Waals surface area contributed by atoms with Gasteiger partial charge < -0.3 is 24.3 Å². The molecule has 0 bridgehead atoms. The molecule has 3 rings (SSSR count). The lowest BCUT2D eigenvalue weighted by molar-refractivity contribution is -0.115. The number of hydrogen-bond acceptors (Lipinski definition) is 5. The van der Waals surface area contributed by atoms with Crippen LogP contribution in [0.25, 0.3) is 0 Å². The third kappa shape index (κ3) is 6.12. The van der Waals surface area contributed by atoms with Crippen LogP contribution in [0, 0.1) is 0 Å². The Labute approximate surface area is 191 Å². The van der Waals surface area contributed by atoms with E-state index in [0.29, 0.717) is 40.5 Å². The molecule has 0 fully saturated rings. The molecular weight excluding hydrogens is 432 g/mol. The Bertz CT molecular complexity index is 1090. The summed E-state index contributed by atoms with van der Waals surface area (Å²) in [4.78, 5) is 12.7. The highest BCUT2D eigenvalue weighted by Gasteiger charge is 2.18. The van der Waals surface area contributed by atoms with Crippen molar-refractivity contribution < 1.29 is 32.5 Å². The van der Waals surface area contributed by atoms with Crippen molar-refractivity contribution in [1.82, 2.24) is 0 Å². The average molecular weight is 457 g/mol.